The topological polar surface area (TPSA) is 111 Å². The number of carbonyl (C=O) groups excluding carboxylic acids is 1. The van der Waals surface area contributed by atoms with Gasteiger partial charge in [0.1, 0.15) is 29.0 Å². The van der Waals surface area contributed by atoms with E-state index < -0.39 is 18.1 Å². The Balaban J connectivity index is 1.36. The predicted octanol–water partition coefficient (Wildman–Crippen LogP) is 7.04. The molecule has 1 N–H and O–H groups in total. The Morgan fingerprint density at radius 1 is 1.10 bits per heavy atom. The maximum atomic E-state index is 13.2. The van der Waals surface area contributed by atoms with Crippen molar-refractivity contribution in [3.63, 3.8) is 0 Å². The van der Waals surface area contributed by atoms with Gasteiger partial charge < -0.3 is 23.7 Å². The number of amides is 1. The molecule has 9 heteroatoms. The zero-order valence-corrected chi connectivity index (χ0v) is 25.2. The minimum Gasteiger partial charge on any atom is -0.497 e. The number of oxazole rings is 1. The Morgan fingerprint density at radius 3 is 2.50 bits per heavy atom. The first-order valence-corrected chi connectivity index (χ1v) is 14.6. The Kier molecular flexibility index (Phi) is 10.6. The van der Waals surface area contributed by atoms with Crippen LogP contribution in [-0.2, 0) is 16.1 Å². The number of hydrogen-bond donors (Lipinski definition) is 1. The van der Waals surface area contributed by atoms with Gasteiger partial charge >= 0.3 is 12.1 Å². The lowest BCUT2D eigenvalue weighted by molar-refractivity contribution is -0.144. The molecule has 9 nitrogen and oxygen atoms in total. The fourth-order valence-electron chi connectivity index (χ4n) is 5.56. The van der Waals surface area contributed by atoms with Crippen molar-refractivity contribution in [3.05, 3.63) is 65.5 Å². The van der Waals surface area contributed by atoms with E-state index in [1.807, 2.05) is 38.1 Å². The molecule has 1 amide bonds. The summed E-state index contributed by atoms with van der Waals surface area (Å²) < 4.78 is 23.0. The van der Waals surface area contributed by atoms with Crippen molar-refractivity contribution in [3.8, 4) is 23.0 Å². The third kappa shape index (κ3) is 8.12. The van der Waals surface area contributed by atoms with Crippen LogP contribution >= 0.6 is 0 Å². The number of rotatable bonds is 12. The number of carboxylic acids is 1. The second-order valence-corrected chi connectivity index (χ2v) is 11.4. The van der Waals surface area contributed by atoms with E-state index in [4.69, 9.17) is 18.6 Å². The number of carbonyl (C=O) groups is 2. The van der Waals surface area contributed by atoms with Gasteiger partial charge in [-0.2, -0.15) is 0 Å². The van der Waals surface area contributed by atoms with Crippen LogP contribution < -0.4 is 9.47 Å². The first kappa shape index (κ1) is 31.1. The normalized spacial score (nSPS) is 17.6. The lowest BCUT2D eigenvalue weighted by Gasteiger charge is -2.34. The third-order valence-electron chi connectivity index (χ3n) is 7.85. The summed E-state index contributed by atoms with van der Waals surface area (Å²) in [5.74, 6) is 1.27. The number of ether oxygens (including phenoxy) is 3. The molecule has 1 aliphatic carbocycles. The average Bonchev–Trinajstić information content (AvgIpc) is 3.34. The zero-order chi connectivity index (χ0) is 30.2. The standard InChI is InChI=1S/C33H42N2O7/c1-21(2)30(32(36)37)35(33(38)42-27-14-12-26(39-5)13-15-27)17-16-24-9-7-11-28(19-24)40-20-29-23(4)41-31(34-29)25-10-6-8-22(3)18-25/h6,8,10,12-15,18,21,24,28,30H,7,9,11,16-17,19-20H2,1-5H3,(H,36,37)/t24-,28-,30+/m1/s1. The molecule has 0 spiro atoms. The van der Waals surface area contributed by atoms with Gasteiger partial charge in [-0.3, -0.25) is 4.90 Å². The highest BCUT2D eigenvalue weighted by Crippen LogP contribution is 2.31. The van der Waals surface area contributed by atoms with Crippen molar-refractivity contribution in [2.45, 2.75) is 78.6 Å². The van der Waals surface area contributed by atoms with E-state index in [0.29, 0.717) is 36.3 Å². The number of aryl methyl sites for hydroxylation is 2. The summed E-state index contributed by atoms with van der Waals surface area (Å²) in [6.45, 7) is 8.19. The maximum absolute atomic E-state index is 13.2. The number of aromatic nitrogens is 1. The SMILES string of the molecule is COc1ccc(OC(=O)N(CC[C@H]2CCC[C@@H](OCc3nc(-c4cccc(C)c4)oc3C)C2)[C@H](C(=O)O)C(C)C)cc1. The summed E-state index contributed by atoms with van der Waals surface area (Å²) in [4.78, 5) is 31.5. The van der Waals surface area contributed by atoms with Gasteiger partial charge in [-0.1, -0.05) is 44.4 Å². The van der Waals surface area contributed by atoms with E-state index in [1.54, 1.807) is 45.2 Å². The van der Waals surface area contributed by atoms with Gasteiger partial charge in [0.25, 0.3) is 0 Å². The molecule has 1 aromatic heterocycles. The smallest absolute Gasteiger partial charge is 0.415 e. The number of benzene rings is 2. The molecule has 4 rings (SSSR count). The summed E-state index contributed by atoms with van der Waals surface area (Å²) in [7, 11) is 1.56. The highest BCUT2D eigenvalue weighted by Gasteiger charge is 2.34. The van der Waals surface area contributed by atoms with Crippen LogP contribution in [0.5, 0.6) is 11.5 Å². The van der Waals surface area contributed by atoms with Crippen molar-refractivity contribution in [2.24, 2.45) is 11.8 Å². The molecule has 2 aromatic carbocycles. The average molecular weight is 579 g/mol. The van der Waals surface area contributed by atoms with Crippen LogP contribution in [-0.4, -0.2) is 52.9 Å². The lowest BCUT2D eigenvalue weighted by Crippen LogP contribution is -2.50. The molecular weight excluding hydrogens is 536 g/mol. The Hall–Kier alpha value is -3.85. The Labute approximate surface area is 247 Å². The van der Waals surface area contributed by atoms with E-state index in [9.17, 15) is 14.7 Å². The van der Waals surface area contributed by atoms with Gasteiger partial charge in [0.15, 0.2) is 0 Å². The van der Waals surface area contributed by atoms with Gasteiger partial charge in [0, 0.05) is 12.1 Å². The van der Waals surface area contributed by atoms with Gasteiger partial charge in [-0.25, -0.2) is 14.6 Å². The summed E-state index contributed by atoms with van der Waals surface area (Å²) in [5.41, 5.74) is 2.88. The molecule has 1 heterocycles. The molecule has 0 unspecified atom stereocenters. The lowest BCUT2D eigenvalue weighted by atomic mass is 9.84. The molecule has 0 saturated heterocycles. The Morgan fingerprint density at radius 2 is 1.83 bits per heavy atom. The largest absolute Gasteiger partial charge is 0.497 e. The molecule has 0 radical (unpaired) electrons. The van der Waals surface area contributed by atoms with Crippen LogP contribution in [0.15, 0.2) is 52.9 Å². The van der Waals surface area contributed by atoms with Crippen LogP contribution in [0.4, 0.5) is 4.79 Å². The quantitative estimate of drug-likeness (QED) is 0.244. The van der Waals surface area contributed by atoms with Crippen molar-refractivity contribution < 1.29 is 33.3 Å². The van der Waals surface area contributed by atoms with E-state index >= 15 is 0 Å². The van der Waals surface area contributed by atoms with Crippen LogP contribution in [0.1, 0.15) is 63.0 Å². The fourth-order valence-corrected chi connectivity index (χ4v) is 5.56. The highest BCUT2D eigenvalue weighted by molar-refractivity contribution is 5.81. The molecule has 1 saturated carbocycles. The fraction of sp³-hybridized carbons (Fsp3) is 0.485. The molecule has 1 aliphatic rings. The molecule has 1 fully saturated rings. The van der Waals surface area contributed by atoms with Gasteiger partial charge in [0.2, 0.25) is 5.89 Å². The number of methoxy groups -OCH3 is 1. The number of carboxylic acid groups (broad SMARTS) is 1. The number of aliphatic carboxylic acids is 1. The number of hydrogen-bond acceptors (Lipinski definition) is 7. The molecule has 0 bridgehead atoms. The van der Waals surface area contributed by atoms with E-state index in [0.717, 1.165) is 48.3 Å². The highest BCUT2D eigenvalue weighted by atomic mass is 16.6. The summed E-state index contributed by atoms with van der Waals surface area (Å²) in [5, 5.41) is 9.97. The summed E-state index contributed by atoms with van der Waals surface area (Å²) in [6.07, 6.45) is 3.84. The van der Waals surface area contributed by atoms with E-state index in [-0.39, 0.29) is 18.6 Å². The minimum atomic E-state index is -1.05. The first-order valence-electron chi connectivity index (χ1n) is 14.6. The second-order valence-electron chi connectivity index (χ2n) is 11.4. The molecule has 0 aliphatic heterocycles. The van der Waals surface area contributed by atoms with Crippen LogP contribution in [0, 0.1) is 25.7 Å². The van der Waals surface area contributed by atoms with Gasteiger partial charge in [-0.15, -0.1) is 0 Å². The maximum Gasteiger partial charge on any atom is 0.415 e. The molecule has 42 heavy (non-hydrogen) atoms. The van der Waals surface area contributed by atoms with Crippen molar-refractivity contribution in [1.82, 2.24) is 9.88 Å². The van der Waals surface area contributed by atoms with Crippen LogP contribution in [0.3, 0.4) is 0 Å². The molecule has 226 valence electrons. The molecule has 3 atom stereocenters. The van der Waals surface area contributed by atoms with Crippen molar-refractivity contribution >= 4 is 12.1 Å². The minimum absolute atomic E-state index is 0.0577. The Bertz CT molecular complexity index is 1330. The second kappa shape index (κ2) is 14.4. The predicted molar refractivity (Wildman–Crippen MR) is 159 cm³/mol. The zero-order valence-electron chi connectivity index (χ0n) is 25.2. The first-order chi connectivity index (χ1) is 20.1. The van der Waals surface area contributed by atoms with E-state index in [1.165, 1.54) is 4.90 Å². The summed E-state index contributed by atoms with van der Waals surface area (Å²) in [6, 6.07) is 13.7. The molecular formula is C33H42N2O7. The van der Waals surface area contributed by atoms with E-state index in [2.05, 4.69) is 4.98 Å². The third-order valence-corrected chi connectivity index (χ3v) is 7.85. The van der Waals surface area contributed by atoms with Crippen LogP contribution in [0.2, 0.25) is 0 Å². The monoisotopic (exact) mass is 578 g/mol. The summed E-state index contributed by atoms with van der Waals surface area (Å²) >= 11 is 0. The van der Waals surface area contributed by atoms with Crippen LogP contribution in [0.25, 0.3) is 11.5 Å². The molecule has 3 aromatic rings. The van der Waals surface area contributed by atoms with Gasteiger partial charge in [-0.05, 0) is 81.3 Å². The van der Waals surface area contributed by atoms with Crippen molar-refractivity contribution in [1.29, 1.82) is 0 Å². The van der Waals surface area contributed by atoms with Gasteiger partial charge in [0.05, 0.1) is 19.8 Å². The van der Waals surface area contributed by atoms with Crippen molar-refractivity contribution in [2.75, 3.05) is 13.7 Å². The number of nitrogens with zero attached hydrogens (tertiary/aromatic N) is 2.